The maximum atomic E-state index is 6.37. The van der Waals surface area contributed by atoms with Crippen molar-refractivity contribution in [1.29, 1.82) is 0 Å². The van der Waals surface area contributed by atoms with Crippen molar-refractivity contribution in [2.24, 2.45) is 0 Å². The Morgan fingerprint density at radius 1 is 1.18 bits per heavy atom. The van der Waals surface area contributed by atoms with E-state index in [0.717, 1.165) is 28.2 Å². The molecule has 0 aliphatic heterocycles. The van der Waals surface area contributed by atoms with E-state index in [9.17, 15) is 0 Å². The molecule has 0 fully saturated rings. The highest BCUT2D eigenvalue weighted by atomic mass is 35.5. The zero-order valence-electron chi connectivity index (χ0n) is 16.4. The van der Waals surface area contributed by atoms with E-state index in [2.05, 4.69) is 20.3 Å². The van der Waals surface area contributed by atoms with E-state index in [1.54, 1.807) is 19.5 Å². The average molecular weight is 399 g/mol. The van der Waals surface area contributed by atoms with Gasteiger partial charge in [-0.15, -0.1) is 0 Å². The number of anilines is 1. The number of aromatic nitrogens is 3. The Morgan fingerprint density at radius 3 is 2.68 bits per heavy atom. The van der Waals surface area contributed by atoms with Gasteiger partial charge in [0, 0.05) is 35.8 Å². The summed E-state index contributed by atoms with van der Waals surface area (Å²) in [7, 11) is 1.60. The van der Waals surface area contributed by atoms with Gasteiger partial charge in [-0.2, -0.15) is 0 Å². The molecule has 3 rings (SSSR count). The third-order valence-electron chi connectivity index (χ3n) is 4.35. The fourth-order valence-corrected chi connectivity index (χ4v) is 3.06. The normalized spacial score (nSPS) is 10.6. The Labute approximate surface area is 169 Å². The summed E-state index contributed by atoms with van der Waals surface area (Å²) in [6.07, 6.45) is 3.48. The smallest absolute Gasteiger partial charge is 0.179 e. The maximum Gasteiger partial charge on any atom is 0.179 e. The van der Waals surface area contributed by atoms with E-state index in [4.69, 9.17) is 21.1 Å². The van der Waals surface area contributed by atoms with Gasteiger partial charge in [0.05, 0.1) is 18.7 Å². The third kappa shape index (κ3) is 4.34. The minimum atomic E-state index is 0.518. The van der Waals surface area contributed by atoms with Crippen LogP contribution in [-0.4, -0.2) is 28.7 Å². The van der Waals surface area contributed by atoms with Gasteiger partial charge in [-0.05, 0) is 50.6 Å². The summed E-state index contributed by atoms with van der Waals surface area (Å²) in [5.74, 6) is 2.58. The van der Waals surface area contributed by atoms with E-state index in [-0.39, 0.29) is 0 Å². The van der Waals surface area contributed by atoms with E-state index in [1.807, 2.05) is 45.0 Å². The molecule has 0 unspecified atom stereocenters. The molecule has 2 aromatic heterocycles. The lowest BCUT2D eigenvalue weighted by Gasteiger charge is -2.15. The van der Waals surface area contributed by atoms with Crippen molar-refractivity contribution in [2.75, 3.05) is 19.0 Å². The van der Waals surface area contributed by atoms with Gasteiger partial charge in [-0.3, -0.25) is 4.98 Å². The molecule has 7 heteroatoms. The Bertz CT molecular complexity index is 964. The van der Waals surface area contributed by atoms with Crippen LogP contribution in [0.2, 0.25) is 5.02 Å². The third-order valence-corrected chi connectivity index (χ3v) is 4.63. The van der Waals surface area contributed by atoms with Crippen LogP contribution in [-0.2, 0) is 6.54 Å². The number of hydrogen-bond donors (Lipinski definition) is 1. The number of aryl methyl sites for hydroxylation is 1. The highest BCUT2D eigenvalue weighted by Gasteiger charge is 2.13. The van der Waals surface area contributed by atoms with Gasteiger partial charge in [0.2, 0.25) is 0 Å². The fraction of sp³-hybridized carbons (Fsp3) is 0.286. The van der Waals surface area contributed by atoms with Crippen LogP contribution in [0.15, 0.2) is 36.7 Å². The van der Waals surface area contributed by atoms with E-state index >= 15 is 0 Å². The lowest BCUT2D eigenvalue weighted by atomic mass is 10.1. The molecular weight excluding hydrogens is 376 g/mol. The number of benzene rings is 1. The fourth-order valence-electron chi connectivity index (χ4n) is 2.77. The molecule has 3 aromatic rings. The zero-order chi connectivity index (χ0) is 20.1. The van der Waals surface area contributed by atoms with E-state index in [0.29, 0.717) is 35.5 Å². The molecule has 0 radical (unpaired) electrons. The maximum absolute atomic E-state index is 6.37. The first-order valence-electron chi connectivity index (χ1n) is 9.02. The number of hydrogen-bond acceptors (Lipinski definition) is 6. The van der Waals surface area contributed by atoms with Crippen molar-refractivity contribution in [1.82, 2.24) is 15.0 Å². The standard InChI is InChI=1S/C21H23ClN4O2/c1-5-28-19-17(22)9-15(10-18(19)27-4)11-24-20-13(2)14(3)25-21(26-20)16-7-6-8-23-12-16/h6-10,12H,5,11H2,1-4H3,(H,24,25,26). The summed E-state index contributed by atoms with van der Waals surface area (Å²) in [6, 6.07) is 7.59. The number of halogens is 1. The molecule has 0 amide bonds. The molecule has 0 spiro atoms. The number of rotatable bonds is 7. The van der Waals surface area contributed by atoms with Crippen LogP contribution in [0.4, 0.5) is 5.82 Å². The molecule has 146 valence electrons. The number of nitrogens with one attached hydrogen (secondary N) is 1. The van der Waals surface area contributed by atoms with Crippen molar-refractivity contribution < 1.29 is 9.47 Å². The second kappa shape index (κ2) is 8.89. The largest absolute Gasteiger partial charge is 0.493 e. The Balaban J connectivity index is 1.87. The van der Waals surface area contributed by atoms with Crippen molar-refractivity contribution in [3.8, 4) is 22.9 Å². The Hall–Kier alpha value is -2.86. The summed E-state index contributed by atoms with van der Waals surface area (Å²) >= 11 is 6.37. The number of ether oxygens (including phenoxy) is 2. The van der Waals surface area contributed by atoms with Crippen molar-refractivity contribution in [2.45, 2.75) is 27.3 Å². The monoisotopic (exact) mass is 398 g/mol. The van der Waals surface area contributed by atoms with Crippen LogP contribution < -0.4 is 14.8 Å². The number of nitrogens with zero attached hydrogens (tertiary/aromatic N) is 3. The molecular formula is C21H23ClN4O2. The van der Waals surface area contributed by atoms with Gasteiger partial charge in [0.25, 0.3) is 0 Å². The Kier molecular flexibility index (Phi) is 6.31. The molecule has 1 N–H and O–H groups in total. The van der Waals surface area contributed by atoms with Gasteiger partial charge >= 0.3 is 0 Å². The molecule has 2 heterocycles. The van der Waals surface area contributed by atoms with Crippen LogP contribution >= 0.6 is 11.6 Å². The second-order valence-electron chi connectivity index (χ2n) is 6.24. The average Bonchev–Trinajstić information content (AvgIpc) is 2.71. The van der Waals surface area contributed by atoms with Crippen LogP contribution in [0.1, 0.15) is 23.7 Å². The van der Waals surface area contributed by atoms with Gasteiger partial charge < -0.3 is 14.8 Å². The SMILES string of the molecule is CCOc1c(Cl)cc(CNc2nc(-c3cccnc3)nc(C)c2C)cc1OC. The first-order chi connectivity index (χ1) is 13.5. The molecule has 0 atom stereocenters. The van der Waals surface area contributed by atoms with E-state index in [1.165, 1.54) is 0 Å². The minimum absolute atomic E-state index is 0.518. The summed E-state index contributed by atoms with van der Waals surface area (Å²) in [5.41, 5.74) is 3.75. The molecule has 1 aromatic carbocycles. The lowest BCUT2D eigenvalue weighted by Crippen LogP contribution is -2.07. The van der Waals surface area contributed by atoms with Gasteiger partial charge in [0.15, 0.2) is 17.3 Å². The number of pyridine rings is 1. The van der Waals surface area contributed by atoms with Crippen LogP contribution in [0.25, 0.3) is 11.4 Å². The molecule has 0 aliphatic rings. The molecule has 0 saturated carbocycles. The highest BCUT2D eigenvalue weighted by Crippen LogP contribution is 2.36. The quantitative estimate of drug-likeness (QED) is 0.614. The van der Waals surface area contributed by atoms with Crippen LogP contribution in [0, 0.1) is 13.8 Å². The van der Waals surface area contributed by atoms with Crippen LogP contribution in [0.5, 0.6) is 11.5 Å². The summed E-state index contributed by atoms with van der Waals surface area (Å²) in [6.45, 7) is 6.93. The molecule has 0 bridgehead atoms. The molecule has 0 saturated heterocycles. The topological polar surface area (TPSA) is 69.2 Å². The predicted octanol–water partition coefficient (Wildman–Crippen LogP) is 4.83. The summed E-state index contributed by atoms with van der Waals surface area (Å²) < 4.78 is 11.0. The van der Waals surface area contributed by atoms with Gasteiger partial charge in [-0.25, -0.2) is 9.97 Å². The second-order valence-corrected chi connectivity index (χ2v) is 6.65. The predicted molar refractivity (Wildman–Crippen MR) is 111 cm³/mol. The molecule has 28 heavy (non-hydrogen) atoms. The van der Waals surface area contributed by atoms with Gasteiger partial charge in [0.1, 0.15) is 5.82 Å². The highest BCUT2D eigenvalue weighted by molar-refractivity contribution is 6.32. The first kappa shape index (κ1) is 19.9. The minimum Gasteiger partial charge on any atom is -0.493 e. The Morgan fingerprint density at radius 2 is 2.00 bits per heavy atom. The summed E-state index contributed by atoms with van der Waals surface area (Å²) in [5, 5.41) is 3.90. The number of methoxy groups -OCH3 is 1. The first-order valence-corrected chi connectivity index (χ1v) is 9.40. The zero-order valence-corrected chi connectivity index (χ0v) is 17.2. The van der Waals surface area contributed by atoms with Crippen LogP contribution in [0.3, 0.4) is 0 Å². The van der Waals surface area contributed by atoms with E-state index < -0.39 is 0 Å². The van der Waals surface area contributed by atoms with Crippen molar-refractivity contribution in [3.63, 3.8) is 0 Å². The molecule has 0 aliphatic carbocycles. The van der Waals surface area contributed by atoms with Crippen molar-refractivity contribution >= 4 is 17.4 Å². The lowest BCUT2D eigenvalue weighted by molar-refractivity contribution is 0.311. The molecule has 6 nitrogen and oxygen atoms in total. The summed E-state index contributed by atoms with van der Waals surface area (Å²) in [4.78, 5) is 13.4. The van der Waals surface area contributed by atoms with Gasteiger partial charge in [-0.1, -0.05) is 11.6 Å². The van der Waals surface area contributed by atoms with Crippen molar-refractivity contribution in [3.05, 3.63) is 58.5 Å².